The van der Waals surface area contributed by atoms with Crippen LogP contribution in [-0.2, 0) is 4.74 Å². The number of alkyl carbamates (subject to hydrolysis) is 1. The summed E-state index contributed by atoms with van der Waals surface area (Å²) < 4.78 is 38.5. The Balaban J connectivity index is 1.37. The smallest absolute Gasteiger partial charge is 0.407 e. The third-order valence-corrected chi connectivity index (χ3v) is 5.77. The van der Waals surface area contributed by atoms with Gasteiger partial charge in [-0.2, -0.15) is 0 Å². The third-order valence-electron chi connectivity index (χ3n) is 5.77. The summed E-state index contributed by atoms with van der Waals surface area (Å²) in [6, 6.07) is 17.7. The van der Waals surface area contributed by atoms with E-state index < -0.39 is 42.0 Å². The second kappa shape index (κ2) is 9.56. The van der Waals surface area contributed by atoms with Gasteiger partial charge in [0.05, 0.1) is 12.7 Å². The molecule has 4 rings (SSSR count). The summed E-state index contributed by atoms with van der Waals surface area (Å²) in [4.78, 5) is 12.2. The number of ether oxygens (including phenoxy) is 2. The van der Waals surface area contributed by atoms with Gasteiger partial charge < -0.3 is 25.0 Å². The van der Waals surface area contributed by atoms with Crippen molar-refractivity contribution < 1.29 is 33.3 Å². The van der Waals surface area contributed by atoms with Gasteiger partial charge in [0.25, 0.3) is 0 Å². The Labute approximate surface area is 189 Å². The number of hydrogen-bond donors (Lipinski definition) is 3. The fourth-order valence-corrected chi connectivity index (χ4v) is 4.12. The highest BCUT2D eigenvalue weighted by Gasteiger charge is 2.30. The van der Waals surface area contributed by atoms with E-state index in [1.807, 2.05) is 48.5 Å². The number of carbonyl (C=O) groups is 1. The third kappa shape index (κ3) is 4.40. The van der Waals surface area contributed by atoms with Crippen molar-refractivity contribution in [3.63, 3.8) is 0 Å². The Kier molecular flexibility index (Phi) is 6.57. The van der Waals surface area contributed by atoms with Gasteiger partial charge in [0.15, 0.2) is 11.6 Å². The van der Waals surface area contributed by atoms with Gasteiger partial charge in [0.1, 0.15) is 24.6 Å². The molecule has 0 aromatic heterocycles. The lowest BCUT2D eigenvalue weighted by molar-refractivity contribution is 0.0141. The number of rotatable bonds is 7. The number of amides is 1. The number of hydrogen-bond acceptors (Lipinski definition) is 5. The minimum atomic E-state index is -1.92. The molecule has 0 bridgehead atoms. The number of aliphatic hydroxyl groups is 2. The number of methoxy groups -OCH3 is 1. The van der Waals surface area contributed by atoms with Gasteiger partial charge in [-0.15, -0.1) is 0 Å². The van der Waals surface area contributed by atoms with Crippen LogP contribution in [0.2, 0.25) is 0 Å². The molecular weight excluding hydrogens is 432 g/mol. The molecular formula is C25H23F2NO5. The van der Waals surface area contributed by atoms with E-state index in [2.05, 4.69) is 5.32 Å². The van der Waals surface area contributed by atoms with Crippen LogP contribution < -0.4 is 10.1 Å². The molecule has 2 atom stereocenters. The molecule has 172 valence electrons. The summed E-state index contributed by atoms with van der Waals surface area (Å²) in [7, 11) is 1.20. The molecule has 3 aromatic carbocycles. The van der Waals surface area contributed by atoms with Crippen molar-refractivity contribution in [3.05, 3.63) is 89.0 Å². The molecule has 1 aliphatic rings. The molecule has 0 fully saturated rings. The monoisotopic (exact) mass is 455 g/mol. The zero-order chi connectivity index (χ0) is 23.5. The molecule has 6 nitrogen and oxygen atoms in total. The highest BCUT2D eigenvalue weighted by Crippen LogP contribution is 2.44. The predicted octanol–water partition coefficient (Wildman–Crippen LogP) is 3.91. The zero-order valence-electron chi connectivity index (χ0n) is 17.8. The lowest BCUT2D eigenvalue weighted by Gasteiger charge is -2.21. The molecule has 33 heavy (non-hydrogen) atoms. The average Bonchev–Trinajstić information content (AvgIpc) is 3.15. The normalized spacial score (nSPS) is 14.2. The van der Waals surface area contributed by atoms with Gasteiger partial charge in [-0.1, -0.05) is 48.5 Å². The maximum atomic E-state index is 14.3. The van der Waals surface area contributed by atoms with E-state index in [0.29, 0.717) is 0 Å². The number of nitrogens with one attached hydrogen (secondary N) is 1. The second-order valence-corrected chi connectivity index (χ2v) is 7.70. The number of carbonyl (C=O) groups excluding carboxylic acids is 1. The summed E-state index contributed by atoms with van der Waals surface area (Å²) in [5, 5.41) is 22.7. The van der Waals surface area contributed by atoms with Crippen molar-refractivity contribution in [2.45, 2.75) is 18.1 Å². The Bertz CT molecular complexity index is 1120. The summed E-state index contributed by atoms with van der Waals surface area (Å²) in [5.74, 6) is -2.58. The minimum Gasteiger partial charge on any atom is -0.494 e. The van der Waals surface area contributed by atoms with E-state index in [0.717, 1.165) is 34.4 Å². The van der Waals surface area contributed by atoms with Gasteiger partial charge in [0.2, 0.25) is 0 Å². The molecule has 0 heterocycles. The van der Waals surface area contributed by atoms with E-state index in [1.165, 1.54) is 7.11 Å². The van der Waals surface area contributed by atoms with E-state index in [9.17, 15) is 23.8 Å². The minimum absolute atomic E-state index is 0.0671. The van der Waals surface area contributed by atoms with Crippen LogP contribution >= 0.6 is 0 Å². The Morgan fingerprint density at radius 1 is 1.00 bits per heavy atom. The first kappa shape index (κ1) is 22.7. The van der Waals surface area contributed by atoms with Crippen molar-refractivity contribution in [1.82, 2.24) is 5.32 Å². The van der Waals surface area contributed by atoms with E-state index >= 15 is 0 Å². The summed E-state index contributed by atoms with van der Waals surface area (Å²) in [6.07, 6.45) is -4.43. The van der Waals surface area contributed by atoms with Gasteiger partial charge in [-0.25, -0.2) is 13.6 Å². The van der Waals surface area contributed by atoms with Crippen LogP contribution in [-0.4, -0.2) is 42.7 Å². The number of halogens is 2. The van der Waals surface area contributed by atoms with Crippen LogP contribution in [0.3, 0.4) is 0 Å². The Morgan fingerprint density at radius 3 is 2.21 bits per heavy atom. The zero-order valence-corrected chi connectivity index (χ0v) is 17.8. The molecule has 3 aromatic rings. The standard InChI is InChI=1S/C25H23F2NO5/c1-32-21-11-10-19(26)22(23(21)27)24(30)20(29)12-28-25(31)33-13-18-16-8-4-2-6-14(16)15-7-3-5-9-17(15)18/h2-11,18,20,24,29-30H,12-13H2,1H3,(H,28,31). The molecule has 1 aliphatic carbocycles. The Morgan fingerprint density at radius 2 is 1.61 bits per heavy atom. The Hall–Kier alpha value is -3.49. The van der Waals surface area contributed by atoms with E-state index in [1.54, 1.807) is 0 Å². The molecule has 0 saturated carbocycles. The van der Waals surface area contributed by atoms with Crippen LogP contribution in [0, 0.1) is 11.6 Å². The van der Waals surface area contributed by atoms with Crippen molar-refractivity contribution >= 4 is 6.09 Å². The molecule has 0 spiro atoms. The molecule has 8 heteroatoms. The van der Waals surface area contributed by atoms with Gasteiger partial charge in [-0.05, 0) is 34.4 Å². The quantitative estimate of drug-likeness (QED) is 0.503. The van der Waals surface area contributed by atoms with Crippen LogP contribution in [0.15, 0.2) is 60.7 Å². The number of benzene rings is 3. The lowest BCUT2D eigenvalue weighted by Crippen LogP contribution is -2.36. The van der Waals surface area contributed by atoms with Crippen LogP contribution in [0.25, 0.3) is 11.1 Å². The lowest BCUT2D eigenvalue weighted by atomic mass is 9.98. The number of aliphatic hydroxyl groups excluding tert-OH is 2. The van der Waals surface area contributed by atoms with E-state index in [4.69, 9.17) is 9.47 Å². The fraction of sp³-hybridized carbons (Fsp3) is 0.240. The first-order valence-corrected chi connectivity index (χ1v) is 10.4. The molecule has 1 amide bonds. The maximum absolute atomic E-state index is 14.3. The molecule has 0 radical (unpaired) electrons. The van der Waals surface area contributed by atoms with Crippen molar-refractivity contribution in [3.8, 4) is 16.9 Å². The predicted molar refractivity (Wildman–Crippen MR) is 117 cm³/mol. The fourth-order valence-electron chi connectivity index (χ4n) is 4.12. The molecule has 0 aliphatic heterocycles. The van der Waals surface area contributed by atoms with E-state index in [-0.39, 0.29) is 18.3 Å². The highest BCUT2D eigenvalue weighted by molar-refractivity contribution is 5.79. The van der Waals surface area contributed by atoms with Crippen molar-refractivity contribution in [2.75, 3.05) is 20.3 Å². The van der Waals surface area contributed by atoms with Crippen molar-refractivity contribution in [1.29, 1.82) is 0 Å². The molecule has 0 saturated heterocycles. The summed E-state index contributed by atoms with van der Waals surface area (Å²) >= 11 is 0. The first-order chi connectivity index (χ1) is 15.9. The topological polar surface area (TPSA) is 88.0 Å². The number of fused-ring (bicyclic) bond motifs is 3. The van der Waals surface area contributed by atoms with Crippen LogP contribution in [0.1, 0.15) is 28.7 Å². The van der Waals surface area contributed by atoms with Gasteiger partial charge >= 0.3 is 6.09 Å². The highest BCUT2D eigenvalue weighted by atomic mass is 19.1. The van der Waals surface area contributed by atoms with Gasteiger partial charge in [-0.3, -0.25) is 0 Å². The van der Waals surface area contributed by atoms with Crippen molar-refractivity contribution in [2.24, 2.45) is 0 Å². The SMILES string of the molecule is COc1ccc(F)c(C(O)C(O)CNC(=O)OCC2c3ccccc3-c3ccccc32)c1F. The van der Waals surface area contributed by atoms with Gasteiger partial charge in [0, 0.05) is 12.5 Å². The second-order valence-electron chi connectivity index (χ2n) is 7.70. The largest absolute Gasteiger partial charge is 0.494 e. The molecule has 2 unspecified atom stereocenters. The molecule has 3 N–H and O–H groups in total. The van der Waals surface area contributed by atoms with Crippen LogP contribution in [0.4, 0.5) is 13.6 Å². The first-order valence-electron chi connectivity index (χ1n) is 10.4. The maximum Gasteiger partial charge on any atom is 0.407 e. The summed E-state index contributed by atoms with van der Waals surface area (Å²) in [6.45, 7) is -0.411. The average molecular weight is 455 g/mol. The summed E-state index contributed by atoms with van der Waals surface area (Å²) in [5.41, 5.74) is 3.53. The van der Waals surface area contributed by atoms with Crippen LogP contribution in [0.5, 0.6) is 5.75 Å².